The third kappa shape index (κ3) is 3.92. The molecule has 1 nitrogen and oxygen atoms in total. The fourth-order valence-electron chi connectivity index (χ4n) is 2.53. The molecule has 2 heteroatoms. The summed E-state index contributed by atoms with van der Waals surface area (Å²) < 4.78 is 0. The minimum Gasteiger partial charge on any atom is -0.313 e. The van der Waals surface area contributed by atoms with Crippen molar-refractivity contribution in [2.24, 2.45) is 0 Å². The first kappa shape index (κ1) is 14.3. The van der Waals surface area contributed by atoms with Crippen LogP contribution in [0.2, 0.25) is 0 Å². The van der Waals surface area contributed by atoms with Gasteiger partial charge in [0.25, 0.3) is 0 Å². The Morgan fingerprint density at radius 3 is 2.74 bits per heavy atom. The van der Waals surface area contributed by atoms with Crippen LogP contribution in [0.15, 0.2) is 35.7 Å². The van der Waals surface area contributed by atoms with E-state index in [-0.39, 0.29) is 0 Å². The van der Waals surface area contributed by atoms with Gasteiger partial charge in [0, 0.05) is 10.9 Å². The lowest BCUT2D eigenvalue weighted by Gasteiger charge is -2.19. The predicted octanol–water partition coefficient (Wildman–Crippen LogP) is 4.65. The number of thiophene rings is 1. The highest BCUT2D eigenvalue weighted by Crippen LogP contribution is 2.24. The number of hydrogen-bond donors (Lipinski definition) is 1. The molecule has 1 N–H and O–H groups in total. The van der Waals surface area contributed by atoms with Crippen molar-refractivity contribution in [2.75, 3.05) is 7.05 Å². The molecule has 1 atom stereocenters. The Morgan fingerprint density at radius 1 is 1.21 bits per heavy atom. The summed E-state index contributed by atoms with van der Waals surface area (Å²) in [7, 11) is 2.07. The Bertz CT molecular complexity index is 502. The molecule has 0 aliphatic carbocycles. The van der Waals surface area contributed by atoms with Gasteiger partial charge < -0.3 is 5.32 Å². The van der Waals surface area contributed by atoms with Gasteiger partial charge in [0.05, 0.1) is 0 Å². The zero-order valence-corrected chi connectivity index (χ0v) is 12.9. The van der Waals surface area contributed by atoms with Crippen LogP contribution in [0, 0.1) is 13.8 Å². The highest BCUT2D eigenvalue weighted by atomic mass is 32.1. The highest BCUT2D eigenvalue weighted by Gasteiger charge is 2.11. The average Bonchev–Trinajstić information content (AvgIpc) is 2.91. The molecule has 0 aliphatic rings. The maximum absolute atomic E-state index is 3.47. The fraction of sp³-hybridized carbons (Fsp3) is 0.412. The van der Waals surface area contributed by atoms with Gasteiger partial charge in [-0.25, -0.2) is 0 Å². The smallest absolute Gasteiger partial charge is 0.0320 e. The molecule has 1 aromatic carbocycles. The van der Waals surface area contributed by atoms with E-state index in [0.29, 0.717) is 6.04 Å². The number of hydrogen-bond acceptors (Lipinski definition) is 2. The van der Waals surface area contributed by atoms with Gasteiger partial charge in [-0.05, 0) is 62.7 Å². The monoisotopic (exact) mass is 273 g/mol. The van der Waals surface area contributed by atoms with Crippen LogP contribution in [-0.2, 0) is 6.42 Å². The van der Waals surface area contributed by atoms with E-state index >= 15 is 0 Å². The molecule has 1 heterocycles. The number of aryl methyl sites for hydroxylation is 3. The molecule has 19 heavy (non-hydrogen) atoms. The standard InChI is InChI=1S/C17H23NS/c1-13-9-10-14(2)16(12-13)17(18-3)8-4-6-15-7-5-11-19-15/h5,7,9-12,17-18H,4,6,8H2,1-3H3. The van der Waals surface area contributed by atoms with Gasteiger partial charge in [0.2, 0.25) is 0 Å². The number of nitrogens with one attached hydrogen (secondary N) is 1. The van der Waals surface area contributed by atoms with Crippen molar-refractivity contribution in [3.63, 3.8) is 0 Å². The van der Waals surface area contributed by atoms with Gasteiger partial charge in [0.1, 0.15) is 0 Å². The molecule has 0 radical (unpaired) electrons. The maximum atomic E-state index is 3.47. The van der Waals surface area contributed by atoms with Gasteiger partial charge in [0.15, 0.2) is 0 Å². The maximum Gasteiger partial charge on any atom is 0.0320 e. The number of benzene rings is 1. The van der Waals surface area contributed by atoms with E-state index in [2.05, 4.69) is 61.9 Å². The van der Waals surface area contributed by atoms with Crippen LogP contribution in [0.3, 0.4) is 0 Å². The van der Waals surface area contributed by atoms with E-state index in [1.54, 1.807) is 0 Å². The summed E-state index contributed by atoms with van der Waals surface area (Å²) >= 11 is 1.86. The van der Waals surface area contributed by atoms with Crippen LogP contribution in [-0.4, -0.2) is 7.05 Å². The van der Waals surface area contributed by atoms with Crippen molar-refractivity contribution >= 4 is 11.3 Å². The van der Waals surface area contributed by atoms with Crippen LogP contribution >= 0.6 is 11.3 Å². The Balaban J connectivity index is 1.97. The summed E-state index contributed by atoms with van der Waals surface area (Å²) in [6, 6.07) is 11.6. The van der Waals surface area contributed by atoms with E-state index in [0.717, 1.165) is 0 Å². The van der Waals surface area contributed by atoms with Gasteiger partial charge in [-0.1, -0.05) is 29.8 Å². The Kier molecular flexibility index (Phi) is 5.17. The van der Waals surface area contributed by atoms with Crippen molar-refractivity contribution in [3.8, 4) is 0 Å². The first-order chi connectivity index (χ1) is 9.20. The molecule has 0 aliphatic heterocycles. The molecule has 0 bridgehead atoms. The summed E-state index contributed by atoms with van der Waals surface area (Å²) in [4.78, 5) is 1.50. The Hall–Kier alpha value is -1.12. The second-order valence-corrected chi connectivity index (χ2v) is 6.21. The van der Waals surface area contributed by atoms with Gasteiger partial charge >= 0.3 is 0 Å². The zero-order chi connectivity index (χ0) is 13.7. The van der Waals surface area contributed by atoms with Crippen LogP contribution in [0.1, 0.15) is 40.5 Å². The SMILES string of the molecule is CNC(CCCc1cccs1)c1cc(C)ccc1C. The summed E-state index contributed by atoms with van der Waals surface area (Å²) in [5, 5.41) is 5.63. The summed E-state index contributed by atoms with van der Waals surface area (Å²) in [5.41, 5.74) is 4.19. The third-order valence-electron chi connectivity index (χ3n) is 3.65. The predicted molar refractivity (Wildman–Crippen MR) is 85.0 cm³/mol. The van der Waals surface area contributed by atoms with E-state index in [1.165, 1.54) is 40.8 Å². The molecule has 0 spiro atoms. The Morgan fingerprint density at radius 2 is 2.05 bits per heavy atom. The quantitative estimate of drug-likeness (QED) is 0.808. The zero-order valence-electron chi connectivity index (χ0n) is 12.1. The van der Waals surface area contributed by atoms with Gasteiger partial charge in [-0.2, -0.15) is 0 Å². The first-order valence-corrected chi connectivity index (χ1v) is 7.85. The molecular formula is C17H23NS. The average molecular weight is 273 g/mol. The Labute approximate surface area is 120 Å². The molecule has 102 valence electrons. The molecule has 2 rings (SSSR count). The molecular weight excluding hydrogens is 250 g/mol. The largest absolute Gasteiger partial charge is 0.313 e. The van der Waals surface area contributed by atoms with Crippen LogP contribution in [0.5, 0.6) is 0 Å². The highest BCUT2D eigenvalue weighted by molar-refractivity contribution is 7.09. The molecule has 2 aromatic rings. The van der Waals surface area contributed by atoms with Crippen LogP contribution in [0.25, 0.3) is 0 Å². The summed E-state index contributed by atoms with van der Waals surface area (Å²) in [5.74, 6) is 0. The fourth-order valence-corrected chi connectivity index (χ4v) is 3.28. The lowest BCUT2D eigenvalue weighted by Crippen LogP contribution is -2.17. The second-order valence-electron chi connectivity index (χ2n) is 5.17. The van der Waals surface area contributed by atoms with E-state index in [4.69, 9.17) is 0 Å². The van der Waals surface area contributed by atoms with Crippen LogP contribution < -0.4 is 5.32 Å². The minimum atomic E-state index is 0.472. The summed E-state index contributed by atoms with van der Waals surface area (Å²) in [6.45, 7) is 4.37. The molecule has 1 unspecified atom stereocenters. The van der Waals surface area contributed by atoms with Crippen molar-refractivity contribution in [1.82, 2.24) is 5.32 Å². The van der Waals surface area contributed by atoms with Gasteiger partial charge in [-0.15, -0.1) is 11.3 Å². The van der Waals surface area contributed by atoms with Crippen molar-refractivity contribution in [2.45, 2.75) is 39.2 Å². The lowest BCUT2D eigenvalue weighted by molar-refractivity contribution is 0.526. The molecule has 0 amide bonds. The van der Waals surface area contributed by atoms with Crippen molar-refractivity contribution in [1.29, 1.82) is 0 Å². The molecule has 1 aromatic heterocycles. The minimum absolute atomic E-state index is 0.472. The topological polar surface area (TPSA) is 12.0 Å². The first-order valence-electron chi connectivity index (χ1n) is 6.97. The molecule has 0 saturated heterocycles. The van der Waals surface area contributed by atoms with E-state index in [9.17, 15) is 0 Å². The van der Waals surface area contributed by atoms with Crippen molar-refractivity contribution in [3.05, 3.63) is 57.3 Å². The van der Waals surface area contributed by atoms with Gasteiger partial charge in [-0.3, -0.25) is 0 Å². The molecule has 0 saturated carbocycles. The lowest BCUT2D eigenvalue weighted by atomic mass is 9.95. The van der Waals surface area contributed by atoms with E-state index < -0.39 is 0 Å². The van der Waals surface area contributed by atoms with Crippen LogP contribution in [0.4, 0.5) is 0 Å². The normalized spacial score (nSPS) is 12.6. The third-order valence-corrected chi connectivity index (χ3v) is 4.59. The number of rotatable bonds is 6. The summed E-state index contributed by atoms with van der Waals surface area (Å²) in [6.07, 6.45) is 3.62. The van der Waals surface area contributed by atoms with E-state index in [1.807, 2.05) is 11.3 Å². The van der Waals surface area contributed by atoms with Crippen molar-refractivity contribution < 1.29 is 0 Å². The molecule has 0 fully saturated rings. The second kappa shape index (κ2) is 6.88.